The summed E-state index contributed by atoms with van der Waals surface area (Å²) in [6.45, 7) is 0. The molecule has 1 aliphatic carbocycles. The van der Waals surface area contributed by atoms with Crippen LogP contribution in [0.1, 0.15) is 18.4 Å². The van der Waals surface area contributed by atoms with Crippen LogP contribution in [0.15, 0.2) is 12.1 Å². The third kappa shape index (κ3) is 1.42. The van der Waals surface area contributed by atoms with Crippen LogP contribution < -0.4 is 10.5 Å². The van der Waals surface area contributed by atoms with Crippen LogP contribution in [0.2, 0.25) is 5.02 Å². The first kappa shape index (κ1) is 9.62. The molecule has 0 aromatic heterocycles. The van der Waals surface area contributed by atoms with E-state index in [2.05, 4.69) is 0 Å². The quantitative estimate of drug-likeness (QED) is 0.790. The number of phenolic OH excluding ortho intramolecular Hbond substituents is 1. The van der Waals surface area contributed by atoms with E-state index in [1.54, 1.807) is 12.1 Å². The van der Waals surface area contributed by atoms with Crippen molar-refractivity contribution in [3.8, 4) is 11.5 Å². The molecule has 0 bridgehead atoms. The lowest BCUT2D eigenvalue weighted by Gasteiger charge is -2.13. The predicted octanol–water partition coefficient (Wildman–Crippen LogP) is 2.00. The van der Waals surface area contributed by atoms with Gasteiger partial charge in [0.25, 0.3) is 0 Å². The third-order valence-corrected chi connectivity index (χ3v) is 2.91. The molecule has 14 heavy (non-hydrogen) atoms. The van der Waals surface area contributed by atoms with Gasteiger partial charge in [0, 0.05) is 16.6 Å². The van der Waals surface area contributed by atoms with Gasteiger partial charge in [-0.15, -0.1) is 0 Å². The van der Waals surface area contributed by atoms with Gasteiger partial charge in [-0.2, -0.15) is 0 Å². The van der Waals surface area contributed by atoms with Crippen molar-refractivity contribution in [3.63, 3.8) is 0 Å². The summed E-state index contributed by atoms with van der Waals surface area (Å²) >= 11 is 6.03. The van der Waals surface area contributed by atoms with Crippen LogP contribution in [0, 0.1) is 0 Å². The highest BCUT2D eigenvalue weighted by Gasteiger charge is 2.42. The number of rotatable bonds is 2. The average Bonchev–Trinajstić information content (AvgIpc) is 2.88. The van der Waals surface area contributed by atoms with Gasteiger partial charge in [-0.05, 0) is 24.5 Å². The molecule has 0 aliphatic heterocycles. The average molecular weight is 214 g/mol. The van der Waals surface area contributed by atoms with E-state index in [-0.39, 0.29) is 11.3 Å². The molecule has 3 N–H and O–H groups in total. The fourth-order valence-corrected chi connectivity index (χ4v) is 1.83. The predicted molar refractivity (Wildman–Crippen MR) is 54.8 cm³/mol. The van der Waals surface area contributed by atoms with E-state index >= 15 is 0 Å². The Morgan fingerprint density at radius 3 is 2.64 bits per heavy atom. The van der Waals surface area contributed by atoms with Crippen LogP contribution in [-0.4, -0.2) is 12.2 Å². The highest BCUT2D eigenvalue weighted by Crippen LogP contribution is 2.48. The molecule has 76 valence electrons. The maximum absolute atomic E-state index is 9.57. The van der Waals surface area contributed by atoms with Gasteiger partial charge < -0.3 is 15.6 Å². The Morgan fingerprint density at radius 1 is 1.50 bits per heavy atom. The van der Waals surface area contributed by atoms with Crippen molar-refractivity contribution in [3.05, 3.63) is 22.7 Å². The van der Waals surface area contributed by atoms with Crippen molar-refractivity contribution in [2.45, 2.75) is 18.4 Å². The Balaban J connectivity index is 2.48. The van der Waals surface area contributed by atoms with E-state index in [0.717, 1.165) is 18.4 Å². The van der Waals surface area contributed by atoms with Crippen LogP contribution in [0.25, 0.3) is 0 Å². The van der Waals surface area contributed by atoms with E-state index in [4.69, 9.17) is 22.1 Å². The second-order valence-corrected chi connectivity index (χ2v) is 4.07. The Kier molecular flexibility index (Phi) is 2.09. The van der Waals surface area contributed by atoms with Gasteiger partial charge in [0.15, 0.2) is 11.5 Å². The molecule has 3 nitrogen and oxygen atoms in total. The SMILES string of the molecule is COc1cc(Cl)c(C2(N)CC2)cc1O. The fourth-order valence-electron chi connectivity index (χ4n) is 1.49. The molecular formula is C10H12ClNO2. The minimum atomic E-state index is -0.333. The molecule has 0 atom stereocenters. The van der Waals surface area contributed by atoms with Gasteiger partial charge in [-0.1, -0.05) is 11.6 Å². The van der Waals surface area contributed by atoms with E-state index in [9.17, 15) is 5.11 Å². The van der Waals surface area contributed by atoms with Crippen molar-refractivity contribution < 1.29 is 9.84 Å². The lowest BCUT2D eigenvalue weighted by molar-refractivity contribution is 0.372. The zero-order valence-corrected chi connectivity index (χ0v) is 8.64. The number of nitrogens with two attached hydrogens (primary N) is 1. The summed E-state index contributed by atoms with van der Waals surface area (Å²) in [5.41, 5.74) is 6.46. The van der Waals surface area contributed by atoms with Gasteiger partial charge in [-0.25, -0.2) is 0 Å². The number of methoxy groups -OCH3 is 1. The van der Waals surface area contributed by atoms with Gasteiger partial charge in [0.05, 0.1) is 7.11 Å². The van der Waals surface area contributed by atoms with Gasteiger partial charge in [0.2, 0.25) is 0 Å². The second-order valence-electron chi connectivity index (χ2n) is 3.66. The highest BCUT2D eigenvalue weighted by atomic mass is 35.5. The summed E-state index contributed by atoms with van der Waals surface area (Å²) in [5, 5.41) is 10.1. The molecule has 0 amide bonds. The van der Waals surface area contributed by atoms with E-state index in [1.165, 1.54) is 7.11 Å². The molecule has 1 aliphatic rings. The molecule has 1 fully saturated rings. The topological polar surface area (TPSA) is 55.5 Å². The second kappa shape index (κ2) is 3.04. The smallest absolute Gasteiger partial charge is 0.161 e. The van der Waals surface area contributed by atoms with E-state index in [1.807, 2.05) is 0 Å². The molecule has 1 aromatic carbocycles. The van der Waals surface area contributed by atoms with E-state index < -0.39 is 0 Å². The number of benzene rings is 1. The Morgan fingerprint density at radius 2 is 2.14 bits per heavy atom. The lowest BCUT2D eigenvalue weighted by Crippen LogP contribution is -2.19. The molecule has 0 radical (unpaired) electrons. The summed E-state index contributed by atoms with van der Waals surface area (Å²) < 4.78 is 4.94. The lowest BCUT2D eigenvalue weighted by atomic mass is 10.1. The number of hydrogen-bond acceptors (Lipinski definition) is 3. The Hall–Kier alpha value is -0.930. The zero-order valence-electron chi connectivity index (χ0n) is 7.88. The molecule has 1 saturated carbocycles. The molecule has 0 spiro atoms. The first-order chi connectivity index (χ1) is 6.57. The normalized spacial score (nSPS) is 17.9. The molecule has 0 heterocycles. The number of hydrogen-bond donors (Lipinski definition) is 2. The van der Waals surface area contributed by atoms with E-state index in [0.29, 0.717) is 10.8 Å². The van der Waals surface area contributed by atoms with Gasteiger partial charge >= 0.3 is 0 Å². The van der Waals surface area contributed by atoms with Crippen LogP contribution in [0.4, 0.5) is 0 Å². The molecule has 2 rings (SSSR count). The number of halogens is 1. The summed E-state index contributed by atoms with van der Waals surface area (Å²) in [4.78, 5) is 0. The van der Waals surface area contributed by atoms with Crippen LogP contribution in [-0.2, 0) is 5.54 Å². The van der Waals surface area contributed by atoms with Crippen LogP contribution in [0.3, 0.4) is 0 Å². The summed E-state index contributed by atoms with van der Waals surface area (Å²) in [7, 11) is 1.49. The standard InChI is InChI=1S/C10H12ClNO2/c1-14-9-5-7(11)6(4-8(9)13)10(12)2-3-10/h4-5,13H,2-3,12H2,1H3. The maximum atomic E-state index is 9.57. The third-order valence-electron chi connectivity index (χ3n) is 2.59. The summed E-state index contributed by atoms with van der Waals surface area (Å²) in [6.07, 6.45) is 1.83. The molecule has 4 heteroatoms. The number of aromatic hydroxyl groups is 1. The van der Waals surface area contributed by atoms with Crippen LogP contribution in [0.5, 0.6) is 11.5 Å². The Bertz CT molecular complexity index is 375. The Labute approximate surface area is 87.4 Å². The molecule has 0 unspecified atom stereocenters. The van der Waals surface area contributed by atoms with Crippen molar-refractivity contribution in [1.82, 2.24) is 0 Å². The summed E-state index contributed by atoms with van der Waals surface area (Å²) in [6, 6.07) is 3.19. The van der Waals surface area contributed by atoms with Gasteiger partial charge in [0.1, 0.15) is 0 Å². The molecule has 1 aromatic rings. The van der Waals surface area contributed by atoms with Crippen molar-refractivity contribution in [1.29, 1.82) is 0 Å². The monoisotopic (exact) mass is 213 g/mol. The fraction of sp³-hybridized carbons (Fsp3) is 0.400. The maximum Gasteiger partial charge on any atom is 0.161 e. The molecule has 0 saturated heterocycles. The summed E-state index contributed by atoms with van der Waals surface area (Å²) in [5.74, 6) is 0.464. The van der Waals surface area contributed by atoms with Crippen molar-refractivity contribution in [2.24, 2.45) is 5.73 Å². The van der Waals surface area contributed by atoms with Crippen molar-refractivity contribution >= 4 is 11.6 Å². The number of phenols is 1. The van der Waals surface area contributed by atoms with Crippen molar-refractivity contribution in [2.75, 3.05) is 7.11 Å². The largest absolute Gasteiger partial charge is 0.504 e. The number of ether oxygens (including phenoxy) is 1. The zero-order chi connectivity index (χ0) is 10.3. The first-order valence-corrected chi connectivity index (χ1v) is 4.80. The first-order valence-electron chi connectivity index (χ1n) is 4.43. The highest BCUT2D eigenvalue weighted by molar-refractivity contribution is 6.31. The molecular weight excluding hydrogens is 202 g/mol. The minimum absolute atomic E-state index is 0.0867. The van der Waals surface area contributed by atoms with Crippen LogP contribution >= 0.6 is 11.6 Å². The minimum Gasteiger partial charge on any atom is -0.504 e. The van der Waals surface area contributed by atoms with Gasteiger partial charge in [-0.3, -0.25) is 0 Å².